The van der Waals surface area contributed by atoms with Crippen LogP contribution in [0.3, 0.4) is 0 Å². The maximum Gasteiger partial charge on any atom is 0.419 e. The largest absolute Gasteiger partial charge is 0.493 e. The number of hydrogen-bond donors (Lipinski definition) is 0. The third-order valence-electron chi connectivity index (χ3n) is 4.59. The quantitative estimate of drug-likeness (QED) is 0.376. The van der Waals surface area contributed by atoms with Gasteiger partial charge in [0, 0.05) is 13.0 Å². The van der Waals surface area contributed by atoms with Gasteiger partial charge in [-0.3, -0.25) is 9.36 Å². The molecule has 0 radical (unpaired) electrons. The molecule has 0 aliphatic heterocycles. The Morgan fingerprint density at radius 2 is 1.94 bits per heavy atom. The number of hydrogen-bond acceptors (Lipinski definition) is 8. The lowest BCUT2D eigenvalue weighted by Crippen LogP contribution is -2.15. The van der Waals surface area contributed by atoms with Gasteiger partial charge in [-0.15, -0.1) is 0 Å². The lowest BCUT2D eigenvalue weighted by Gasteiger charge is -2.06. The van der Waals surface area contributed by atoms with Crippen LogP contribution in [0.1, 0.15) is 25.7 Å². The van der Waals surface area contributed by atoms with Crippen molar-refractivity contribution in [3.05, 3.63) is 65.0 Å². The molecule has 0 amide bonds. The van der Waals surface area contributed by atoms with Crippen LogP contribution in [0.2, 0.25) is 0 Å². The first-order chi connectivity index (χ1) is 15.2. The van der Waals surface area contributed by atoms with Crippen LogP contribution < -0.4 is 10.5 Å². The Kier molecular flexibility index (Phi) is 6.11. The Morgan fingerprint density at radius 1 is 1.13 bits per heavy atom. The SMILES string of the molecule is CCOc1ccccc1-c1noc(COC(=O)CCCn2c(=O)oc3ccccc32)n1. The number of carbonyl (C=O) groups is 1. The molecule has 0 bridgehead atoms. The Balaban J connectivity index is 1.30. The molecule has 0 saturated carbocycles. The monoisotopic (exact) mass is 423 g/mol. The summed E-state index contributed by atoms with van der Waals surface area (Å²) in [4.78, 5) is 28.3. The molecule has 4 rings (SSSR count). The molecule has 2 aromatic carbocycles. The third kappa shape index (κ3) is 4.66. The molecule has 0 aliphatic carbocycles. The van der Waals surface area contributed by atoms with E-state index < -0.39 is 11.7 Å². The third-order valence-corrected chi connectivity index (χ3v) is 4.59. The fourth-order valence-electron chi connectivity index (χ4n) is 3.18. The van der Waals surface area contributed by atoms with Crippen LogP contribution in [-0.2, 0) is 22.7 Å². The Morgan fingerprint density at radius 3 is 2.81 bits per heavy atom. The molecule has 4 aromatic rings. The molecule has 0 saturated heterocycles. The number of esters is 1. The van der Waals surface area contributed by atoms with Crippen molar-refractivity contribution in [3.8, 4) is 17.1 Å². The summed E-state index contributed by atoms with van der Waals surface area (Å²) in [5.41, 5.74) is 1.92. The first kappa shape index (κ1) is 20.4. The number of para-hydroxylation sites is 3. The van der Waals surface area contributed by atoms with Gasteiger partial charge in [-0.2, -0.15) is 4.98 Å². The van der Waals surface area contributed by atoms with Crippen LogP contribution >= 0.6 is 0 Å². The van der Waals surface area contributed by atoms with Gasteiger partial charge in [0.15, 0.2) is 12.2 Å². The number of ether oxygens (including phenoxy) is 2. The molecule has 160 valence electrons. The molecule has 31 heavy (non-hydrogen) atoms. The molecule has 0 N–H and O–H groups in total. The summed E-state index contributed by atoms with van der Waals surface area (Å²) < 4.78 is 22.6. The van der Waals surface area contributed by atoms with Crippen molar-refractivity contribution in [1.29, 1.82) is 0 Å². The van der Waals surface area contributed by atoms with E-state index in [2.05, 4.69) is 10.1 Å². The number of fused-ring (bicyclic) bond motifs is 1. The average molecular weight is 423 g/mol. The zero-order chi connectivity index (χ0) is 21.6. The van der Waals surface area contributed by atoms with Crippen molar-refractivity contribution in [3.63, 3.8) is 0 Å². The number of benzene rings is 2. The van der Waals surface area contributed by atoms with Crippen molar-refractivity contribution in [2.24, 2.45) is 0 Å². The normalized spacial score (nSPS) is 11.0. The molecule has 0 spiro atoms. The second-order valence-corrected chi connectivity index (χ2v) is 6.69. The van der Waals surface area contributed by atoms with Crippen molar-refractivity contribution >= 4 is 17.1 Å². The molecule has 9 nitrogen and oxygen atoms in total. The highest BCUT2D eigenvalue weighted by Gasteiger charge is 2.15. The summed E-state index contributed by atoms with van der Waals surface area (Å²) in [5.74, 6) is 0.333. The van der Waals surface area contributed by atoms with Crippen LogP contribution in [0.4, 0.5) is 0 Å². The number of nitrogens with zero attached hydrogens (tertiary/aromatic N) is 3. The average Bonchev–Trinajstić information content (AvgIpc) is 3.37. The van der Waals surface area contributed by atoms with E-state index in [0.717, 1.165) is 0 Å². The molecule has 0 unspecified atom stereocenters. The highest BCUT2D eigenvalue weighted by atomic mass is 16.6. The smallest absolute Gasteiger partial charge is 0.419 e. The minimum absolute atomic E-state index is 0.128. The first-order valence-electron chi connectivity index (χ1n) is 9.94. The number of carbonyl (C=O) groups excluding carboxylic acids is 1. The van der Waals surface area contributed by atoms with Gasteiger partial charge >= 0.3 is 11.7 Å². The summed E-state index contributed by atoms with van der Waals surface area (Å²) in [7, 11) is 0. The maximum atomic E-state index is 12.1. The summed E-state index contributed by atoms with van der Waals surface area (Å²) in [6.07, 6.45) is 0.569. The van der Waals surface area contributed by atoms with E-state index in [0.29, 0.717) is 47.8 Å². The number of aromatic nitrogens is 3. The number of rotatable bonds is 9. The van der Waals surface area contributed by atoms with E-state index >= 15 is 0 Å². The highest BCUT2D eigenvalue weighted by Crippen LogP contribution is 2.27. The number of aryl methyl sites for hydroxylation is 1. The van der Waals surface area contributed by atoms with E-state index in [9.17, 15) is 9.59 Å². The summed E-state index contributed by atoms with van der Waals surface area (Å²) >= 11 is 0. The van der Waals surface area contributed by atoms with Gasteiger partial charge in [-0.1, -0.05) is 29.4 Å². The molecule has 2 heterocycles. The topological polar surface area (TPSA) is 110 Å². The highest BCUT2D eigenvalue weighted by molar-refractivity contribution is 5.72. The standard InChI is InChI=1S/C22H21N3O6/c1-2-28-17-10-5-3-8-15(17)21-23-19(31-24-21)14-29-20(26)12-7-13-25-16-9-4-6-11-18(16)30-22(25)27/h3-6,8-11H,2,7,12-14H2,1H3. The van der Waals surface area contributed by atoms with Crippen LogP contribution in [0, 0.1) is 0 Å². The zero-order valence-corrected chi connectivity index (χ0v) is 16.9. The molecule has 0 atom stereocenters. The minimum atomic E-state index is -0.444. The second kappa shape index (κ2) is 9.29. The molecule has 2 aromatic heterocycles. The van der Waals surface area contributed by atoms with E-state index in [1.54, 1.807) is 18.2 Å². The lowest BCUT2D eigenvalue weighted by molar-refractivity contribution is -0.145. The summed E-state index contributed by atoms with van der Waals surface area (Å²) in [5, 5.41) is 3.94. The van der Waals surface area contributed by atoms with Crippen LogP contribution in [0.15, 0.2) is 62.3 Å². The fraction of sp³-hybridized carbons (Fsp3) is 0.273. The summed E-state index contributed by atoms with van der Waals surface area (Å²) in [6.45, 7) is 2.63. The van der Waals surface area contributed by atoms with Gasteiger partial charge in [0.2, 0.25) is 5.82 Å². The molecule has 9 heteroatoms. The number of oxazole rings is 1. The van der Waals surface area contributed by atoms with Gasteiger partial charge in [-0.05, 0) is 37.6 Å². The van der Waals surface area contributed by atoms with Crippen molar-refractivity contribution < 1.29 is 23.2 Å². The van der Waals surface area contributed by atoms with Crippen LogP contribution in [-0.4, -0.2) is 27.3 Å². The molecular weight excluding hydrogens is 402 g/mol. The van der Waals surface area contributed by atoms with E-state index in [4.69, 9.17) is 18.4 Å². The van der Waals surface area contributed by atoms with Gasteiger partial charge in [0.1, 0.15) is 5.75 Å². The first-order valence-corrected chi connectivity index (χ1v) is 9.94. The predicted octanol–water partition coefficient (Wildman–Crippen LogP) is 3.57. The summed E-state index contributed by atoms with van der Waals surface area (Å²) in [6, 6.07) is 14.5. The van der Waals surface area contributed by atoms with Crippen LogP contribution in [0.5, 0.6) is 5.75 Å². The van der Waals surface area contributed by atoms with Crippen molar-refractivity contribution in [2.45, 2.75) is 32.9 Å². The Hall–Kier alpha value is -3.88. The predicted molar refractivity (Wildman–Crippen MR) is 110 cm³/mol. The van der Waals surface area contributed by atoms with E-state index in [-0.39, 0.29) is 18.9 Å². The maximum absolute atomic E-state index is 12.1. The van der Waals surface area contributed by atoms with Gasteiger partial charge in [-0.25, -0.2) is 4.79 Å². The Labute approximate surface area is 177 Å². The van der Waals surface area contributed by atoms with Gasteiger partial charge in [0.25, 0.3) is 5.89 Å². The molecule has 0 aliphatic rings. The Bertz CT molecular complexity index is 1240. The van der Waals surface area contributed by atoms with E-state index in [1.165, 1.54) is 4.57 Å². The van der Waals surface area contributed by atoms with Crippen molar-refractivity contribution in [2.75, 3.05) is 6.61 Å². The van der Waals surface area contributed by atoms with Crippen molar-refractivity contribution in [1.82, 2.24) is 14.7 Å². The molecule has 0 fully saturated rings. The van der Waals surface area contributed by atoms with Crippen LogP contribution in [0.25, 0.3) is 22.5 Å². The fourth-order valence-corrected chi connectivity index (χ4v) is 3.18. The minimum Gasteiger partial charge on any atom is -0.493 e. The van der Waals surface area contributed by atoms with Gasteiger partial charge < -0.3 is 18.4 Å². The molecular formula is C22H21N3O6. The second-order valence-electron chi connectivity index (χ2n) is 6.69. The zero-order valence-electron chi connectivity index (χ0n) is 16.9. The van der Waals surface area contributed by atoms with Gasteiger partial charge in [0.05, 0.1) is 17.7 Å². The lowest BCUT2D eigenvalue weighted by atomic mass is 10.2. The van der Waals surface area contributed by atoms with E-state index in [1.807, 2.05) is 37.3 Å².